The Kier molecular flexibility index (Phi) is 3.45. The van der Waals surface area contributed by atoms with Gasteiger partial charge in [0.1, 0.15) is 5.82 Å². The molecule has 1 saturated heterocycles. The second-order valence-corrected chi connectivity index (χ2v) is 4.88. The standard InChI is InChI=1S/C12H16ClFN2O/c1-7-6-17-8(2)5-16(7)12-3-9(13)10(14)4-11(12)15/h3-4,7-8H,5-6,15H2,1-2H3. The Morgan fingerprint density at radius 2 is 2.18 bits per heavy atom. The van der Waals surface area contributed by atoms with E-state index in [1.807, 2.05) is 13.8 Å². The molecule has 3 nitrogen and oxygen atoms in total. The van der Waals surface area contributed by atoms with Crippen LogP contribution in [0.3, 0.4) is 0 Å². The summed E-state index contributed by atoms with van der Waals surface area (Å²) < 4.78 is 18.8. The molecule has 1 aromatic carbocycles. The molecule has 2 rings (SSSR count). The predicted octanol–water partition coefficient (Wildman–Crippen LogP) is 2.67. The number of anilines is 2. The van der Waals surface area contributed by atoms with Crippen molar-refractivity contribution in [2.45, 2.75) is 26.0 Å². The lowest BCUT2D eigenvalue weighted by Gasteiger charge is -2.39. The molecule has 0 bridgehead atoms. The lowest BCUT2D eigenvalue weighted by molar-refractivity contribution is 0.0344. The molecule has 0 aliphatic carbocycles. The molecule has 1 aliphatic rings. The van der Waals surface area contributed by atoms with E-state index in [0.29, 0.717) is 12.3 Å². The maximum atomic E-state index is 13.2. The fourth-order valence-electron chi connectivity index (χ4n) is 2.04. The van der Waals surface area contributed by atoms with Crippen molar-refractivity contribution in [1.82, 2.24) is 0 Å². The molecule has 17 heavy (non-hydrogen) atoms. The number of morpholine rings is 1. The van der Waals surface area contributed by atoms with Gasteiger partial charge in [0.05, 0.1) is 29.1 Å². The largest absolute Gasteiger partial charge is 0.397 e. The van der Waals surface area contributed by atoms with Crippen LogP contribution >= 0.6 is 11.6 Å². The molecule has 5 heteroatoms. The van der Waals surface area contributed by atoms with Crippen molar-refractivity contribution in [1.29, 1.82) is 0 Å². The van der Waals surface area contributed by atoms with Crippen LogP contribution < -0.4 is 10.6 Å². The molecule has 2 atom stereocenters. The molecule has 1 aromatic rings. The van der Waals surface area contributed by atoms with Gasteiger partial charge >= 0.3 is 0 Å². The van der Waals surface area contributed by atoms with E-state index in [-0.39, 0.29) is 17.2 Å². The number of hydrogen-bond donors (Lipinski definition) is 1. The summed E-state index contributed by atoms with van der Waals surface area (Å²) >= 11 is 5.80. The summed E-state index contributed by atoms with van der Waals surface area (Å²) in [6, 6.07) is 3.06. The number of nitrogen functional groups attached to an aromatic ring is 1. The Bertz CT molecular complexity index is 427. The zero-order valence-corrected chi connectivity index (χ0v) is 10.7. The van der Waals surface area contributed by atoms with Gasteiger partial charge in [0.15, 0.2) is 0 Å². The van der Waals surface area contributed by atoms with E-state index in [9.17, 15) is 4.39 Å². The first kappa shape index (κ1) is 12.5. The summed E-state index contributed by atoms with van der Waals surface area (Å²) in [5.74, 6) is -0.484. The molecule has 1 heterocycles. The van der Waals surface area contributed by atoms with Gasteiger partial charge in [-0.05, 0) is 19.9 Å². The molecule has 0 saturated carbocycles. The minimum atomic E-state index is -0.484. The molecule has 0 aromatic heterocycles. The average molecular weight is 259 g/mol. The summed E-state index contributed by atoms with van der Waals surface area (Å²) in [5.41, 5.74) is 7.03. The Labute approximate surface area is 105 Å². The lowest BCUT2D eigenvalue weighted by atomic mass is 10.1. The molecule has 2 unspecified atom stereocenters. The summed E-state index contributed by atoms with van der Waals surface area (Å²) in [6.07, 6.45) is 0.134. The number of nitrogens with two attached hydrogens (primary N) is 1. The van der Waals surface area contributed by atoms with Crippen LogP contribution in [0.15, 0.2) is 12.1 Å². The van der Waals surface area contributed by atoms with Crippen LogP contribution in [0.4, 0.5) is 15.8 Å². The van der Waals surface area contributed by atoms with E-state index < -0.39 is 5.82 Å². The van der Waals surface area contributed by atoms with Gasteiger partial charge in [-0.1, -0.05) is 11.6 Å². The molecule has 1 fully saturated rings. The zero-order valence-electron chi connectivity index (χ0n) is 9.91. The van der Waals surface area contributed by atoms with Crippen LogP contribution in [0, 0.1) is 5.82 Å². The third-order valence-corrected chi connectivity index (χ3v) is 3.28. The fourth-order valence-corrected chi connectivity index (χ4v) is 2.20. The summed E-state index contributed by atoms with van der Waals surface area (Å²) in [5, 5.41) is 0.0977. The minimum absolute atomic E-state index is 0.0977. The van der Waals surface area contributed by atoms with Gasteiger partial charge in [-0.2, -0.15) is 0 Å². The van der Waals surface area contributed by atoms with E-state index in [2.05, 4.69) is 4.90 Å². The molecule has 0 radical (unpaired) electrons. The van der Waals surface area contributed by atoms with Crippen LogP contribution in [-0.2, 0) is 4.74 Å². The monoisotopic (exact) mass is 258 g/mol. The summed E-state index contributed by atoms with van der Waals surface area (Å²) in [6.45, 7) is 5.41. The van der Waals surface area contributed by atoms with Crippen LogP contribution in [0.1, 0.15) is 13.8 Å². The summed E-state index contributed by atoms with van der Waals surface area (Å²) in [4.78, 5) is 2.11. The van der Waals surface area contributed by atoms with Gasteiger partial charge in [-0.3, -0.25) is 0 Å². The predicted molar refractivity (Wildman–Crippen MR) is 68.0 cm³/mol. The van der Waals surface area contributed by atoms with Crippen molar-refractivity contribution in [2.75, 3.05) is 23.8 Å². The molecule has 94 valence electrons. The molecule has 0 amide bonds. The third kappa shape index (κ3) is 2.48. The Morgan fingerprint density at radius 1 is 1.47 bits per heavy atom. The van der Waals surface area contributed by atoms with Crippen molar-refractivity contribution < 1.29 is 9.13 Å². The summed E-state index contributed by atoms with van der Waals surface area (Å²) in [7, 11) is 0. The van der Waals surface area contributed by atoms with Crippen LogP contribution in [0.5, 0.6) is 0 Å². The van der Waals surface area contributed by atoms with Crippen LogP contribution in [-0.4, -0.2) is 25.3 Å². The molecule has 2 N–H and O–H groups in total. The highest BCUT2D eigenvalue weighted by Gasteiger charge is 2.25. The fraction of sp³-hybridized carbons (Fsp3) is 0.500. The maximum Gasteiger partial charge on any atom is 0.143 e. The van der Waals surface area contributed by atoms with Gasteiger partial charge < -0.3 is 15.4 Å². The molecule has 1 aliphatic heterocycles. The van der Waals surface area contributed by atoms with Gasteiger partial charge in [0, 0.05) is 18.7 Å². The second kappa shape index (κ2) is 4.70. The smallest absolute Gasteiger partial charge is 0.143 e. The van der Waals surface area contributed by atoms with Crippen LogP contribution in [0.2, 0.25) is 5.02 Å². The highest BCUT2D eigenvalue weighted by Crippen LogP contribution is 2.32. The third-order valence-electron chi connectivity index (χ3n) is 2.99. The van der Waals surface area contributed by atoms with Crippen molar-refractivity contribution in [3.8, 4) is 0 Å². The quantitative estimate of drug-likeness (QED) is 0.787. The second-order valence-electron chi connectivity index (χ2n) is 4.47. The van der Waals surface area contributed by atoms with E-state index in [1.165, 1.54) is 6.07 Å². The highest BCUT2D eigenvalue weighted by atomic mass is 35.5. The number of hydrogen-bond acceptors (Lipinski definition) is 3. The Balaban J connectivity index is 2.35. The SMILES string of the molecule is CC1CN(c2cc(Cl)c(F)cc2N)C(C)CO1. The number of nitrogens with zero attached hydrogens (tertiary/aromatic N) is 1. The van der Waals surface area contributed by atoms with Crippen molar-refractivity contribution in [3.63, 3.8) is 0 Å². The Morgan fingerprint density at radius 3 is 2.88 bits per heavy atom. The Hall–Kier alpha value is -1.00. The molecular weight excluding hydrogens is 243 g/mol. The molecular formula is C12H16ClFN2O. The van der Waals surface area contributed by atoms with Gasteiger partial charge in [-0.25, -0.2) is 4.39 Å². The first-order valence-corrected chi connectivity index (χ1v) is 5.99. The number of rotatable bonds is 1. The first-order valence-electron chi connectivity index (χ1n) is 5.61. The number of halogens is 2. The topological polar surface area (TPSA) is 38.5 Å². The van der Waals surface area contributed by atoms with Crippen molar-refractivity contribution in [3.05, 3.63) is 23.0 Å². The van der Waals surface area contributed by atoms with Crippen molar-refractivity contribution >= 4 is 23.0 Å². The number of ether oxygens (including phenoxy) is 1. The van der Waals surface area contributed by atoms with E-state index in [1.54, 1.807) is 6.07 Å². The van der Waals surface area contributed by atoms with Gasteiger partial charge in [0.25, 0.3) is 0 Å². The van der Waals surface area contributed by atoms with E-state index >= 15 is 0 Å². The van der Waals surface area contributed by atoms with Crippen LogP contribution in [0.25, 0.3) is 0 Å². The maximum absolute atomic E-state index is 13.2. The minimum Gasteiger partial charge on any atom is -0.397 e. The highest BCUT2D eigenvalue weighted by molar-refractivity contribution is 6.31. The van der Waals surface area contributed by atoms with E-state index in [4.69, 9.17) is 22.1 Å². The van der Waals surface area contributed by atoms with E-state index in [0.717, 1.165) is 12.2 Å². The number of benzene rings is 1. The average Bonchev–Trinajstić information content (AvgIpc) is 2.27. The lowest BCUT2D eigenvalue weighted by Crippen LogP contribution is -2.47. The zero-order chi connectivity index (χ0) is 12.6. The molecule has 0 spiro atoms. The van der Waals surface area contributed by atoms with Crippen molar-refractivity contribution in [2.24, 2.45) is 0 Å². The normalized spacial score (nSPS) is 25.1. The van der Waals surface area contributed by atoms with Gasteiger partial charge in [0.2, 0.25) is 0 Å². The van der Waals surface area contributed by atoms with Gasteiger partial charge in [-0.15, -0.1) is 0 Å². The first-order chi connectivity index (χ1) is 7.99.